The lowest BCUT2D eigenvalue weighted by atomic mass is 10.1. The molecule has 1 aliphatic rings. The molecule has 0 atom stereocenters. The first-order valence-corrected chi connectivity index (χ1v) is 12.3. The van der Waals surface area contributed by atoms with Gasteiger partial charge in [-0.2, -0.15) is 0 Å². The van der Waals surface area contributed by atoms with Gasteiger partial charge in [-0.3, -0.25) is 19.5 Å². The second-order valence-electron chi connectivity index (χ2n) is 9.30. The summed E-state index contributed by atoms with van der Waals surface area (Å²) in [5.41, 5.74) is 2.19. The maximum absolute atomic E-state index is 13.1. The standard InChI is InChI=1S/C27H31ClN4O4/c1-17(2)11-26(34)31(20-9-10-20)16-25(33)30-27-29-24(18-5-7-19(28)8-6-18)15-32(27)21-12-22(35-3)14-23(13-21)36-4/h5-8,12-15,17,20H,9-11,16H2,1-4H3,(H,29,30,33). The minimum absolute atomic E-state index is 0.00498. The van der Waals surface area contributed by atoms with E-state index in [0.717, 1.165) is 18.4 Å². The Kier molecular flexibility index (Phi) is 7.84. The van der Waals surface area contributed by atoms with Gasteiger partial charge in [-0.05, 0) is 30.9 Å². The van der Waals surface area contributed by atoms with Gasteiger partial charge in [0.2, 0.25) is 17.8 Å². The van der Waals surface area contributed by atoms with Gasteiger partial charge in [0.05, 0.1) is 25.6 Å². The minimum Gasteiger partial charge on any atom is -0.497 e. The average Bonchev–Trinajstić information content (AvgIpc) is 3.61. The van der Waals surface area contributed by atoms with E-state index in [9.17, 15) is 9.59 Å². The summed E-state index contributed by atoms with van der Waals surface area (Å²) in [5.74, 6) is 1.46. The number of hydrogen-bond acceptors (Lipinski definition) is 5. The van der Waals surface area contributed by atoms with Crippen LogP contribution in [0.2, 0.25) is 5.02 Å². The fourth-order valence-corrected chi connectivity index (χ4v) is 4.08. The molecule has 1 aromatic heterocycles. The highest BCUT2D eigenvalue weighted by molar-refractivity contribution is 6.30. The molecular weight excluding hydrogens is 480 g/mol. The van der Waals surface area contributed by atoms with Crippen molar-refractivity contribution in [3.8, 4) is 28.4 Å². The number of carbonyl (C=O) groups is 2. The molecule has 8 nitrogen and oxygen atoms in total. The molecule has 2 amide bonds. The predicted molar refractivity (Wildman–Crippen MR) is 140 cm³/mol. The van der Waals surface area contributed by atoms with Crippen molar-refractivity contribution in [3.05, 3.63) is 53.7 Å². The molecule has 3 aromatic rings. The number of rotatable bonds is 10. The number of ether oxygens (including phenoxy) is 2. The van der Waals surface area contributed by atoms with Crippen LogP contribution in [0.1, 0.15) is 33.1 Å². The average molecular weight is 511 g/mol. The number of nitrogens with zero attached hydrogens (tertiary/aromatic N) is 3. The van der Waals surface area contributed by atoms with Crippen LogP contribution >= 0.6 is 11.6 Å². The van der Waals surface area contributed by atoms with Gasteiger partial charge in [-0.25, -0.2) is 4.98 Å². The molecule has 4 rings (SSSR count). The molecule has 9 heteroatoms. The minimum atomic E-state index is -0.302. The van der Waals surface area contributed by atoms with Crippen LogP contribution in [-0.2, 0) is 9.59 Å². The first-order chi connectivity index (χ1) is 17.3. The highest BCUT2D eigenvalue weighted by Gasteiger charge is 2.34. The molecule has 0 unspecified atom stereocenters. The third-order valence-corrected chi connectivity index (χ3v) is 6.17. The van der Waals surface area contributed by atoms with Crippen molar-refractivity contribution in [3.63, 3.8) is 0 Å². The maximum Gasteiger partial charge on any atom is 0.246 e. The van der Waals surface area contributed by atoms with Crippen LogP contribution in [0.15, 0.2) is 48.7 Å². The number of nitrogens with one attached hydrogen (secondary N) is 1. The summed E-state index contributed by atoms with van der Waals surface area (Å²) in [6, 6.07) is 12.9. The molecule has 1 N–H and O–H groups in total. The van der Waals surface area contributed by atoms with Crippen molar-refractivity contribution in [2.45, 2.75) is 39.2 Å². The number of imidazole rings is 1. The first kappa shape index (κ1) is 25.6. The molecule has 2 aromatic carbocycles. The van der Waals surface area contributed by atoms with Gasteiger partial charge in [0.15, 0.2) is 0 Å². The third-order valence-electron chi connectivity index (χ3n) is 5.92. The van der Waals surface area contributed by atoms with Crippen molar-refractivity contribution < 1.29 is 19.1 Å². The Bertz CT molecular complexity index is 1210. The Morgan fingerprint density at radius 2 is 1.75 bits per heavy atom. The maximum atomic E-state index is 13.1. The Morgan fingerprint density at radius 1 is 1.11 bits per heavy atom. The zero-order valence-corrected chi connectivity index (χ0v) is 21.7. The van der Waals surface area contributed by atoms with Crippen LogP contribution in [-0.4, -0.2) is 53.1 Å². The molecule has 0 bridgehead atoms. The molecule has 1 heterocycles. The van der Waals surface area contributed by atoms with Crippen LogP contribution in [0.3, 0.4) is 0 Å². The molecule has 190 valence electrons. The molecular formula is C27H31ClN4O4. The van der Waals surface area contributed by atoms with E-state index in [-0.39, 0.29) is 30.3 Å². The first-order valence-electron chi connectivity index (χ1n) is 12.0. The Balaban J connectivity index is 1.66. The fourth-order valence-electron chi connectivity index (χ4n) is 3.95. The van der Waals surface area contributed by atoms with Crippen molar-refractivity contribution in [1.82, 2.24) is 14.5 Å². The van der Waals surface area contributed by atoms with E-state index in [4.69, 9.17) is 26.1 Å². The van der Waals surface area contributed by atoms with Crippen LogP contribution in [0, 0.1) is 5.92 Å². The zero-order valence-electron chi connectivity index (χ0n) is 21.0. The molecule has 0 aliphatic heterocycles. The molecule has 36 heavy (non-hydrogen) atoms. The lowest BCUT2D eigenvalue weighted by Gasteiger charge is -2.23. The molecule has 1 saturated carbocycles. The predicted octanol–water partition coefficient (Wildman–Crippen LogP) is 5.19. The van der Waals surface area contributed by atoms with Crippen LogP contribution in [0.25, 0.3) is 16.9 Å². The third kappa shape index (κ3) is 6.18. The summed E-state index contributed by atoms with van der Waals surface area (Å²) in [4.78, 5) is 32.3. The molecule has 0 radical (unpaired) electrons. The summed E-state index contributed by atoms with van der Waals surface area (Å²) in [6.45, 7) is 3.99. The van der Waals surface area contributed by atoms with Gasteiger partial charge in [0.25, 0.3) is 0 Å². The lowest BCUT2D eigenvalue weighted by Crippen LogP contribution is -2.40. The summed E-state index contributed by atoms with van der Waals surface area (Å²) < 4.78 is 12.6. The van der Waals surface area contributed by atoms with Gasteiger partial charge >= 0.3 is 0 Å². The second-order valence-corrected chi connectivity index (χ2v) is 9.73. The number of halogens is 1. The quantitative estimate of drug-likeness (QED) is 0.406. The molecule has 1 fully saturated rings. The smallest absolute Gasteiger partial charge is 0.246 e. The number of hydrogen-bond donors (Lipinski definition) is 1. The number of methoxy groups -OCH3 is 2. The normalized spacial score (nSPS) is 12.9. The number of carbonyl (C=O) groups excluding carboxylic acids is 2. The van der Waals surface area contributed by atoms with Gasteiger partial charge < -0.3 is 14.4 Å². The van der Waals surface area contributed by atoms with Crippen molar-refractivity contribution in [2.75, 3.05) is 26.1 Å². The number of anilines is 1. The molecule has 0 spiro atoms. The molecule has 0 saturated heterocycles. The SMILES string of the molecule is COc1cc(OC)cc(-n2cc(-c3ccc(Cl)cc3)nc2NC(=O)CN(C(=O)CC(C)C)C2CC2)c1. The zero-order chi connectivity index (χ0) is 25.8. The Labute approximate surface area is 216 Å². The van der Waals surface area contributed by atoms with Crippen LogP contribution in [0.5, 0.6) is 11.5 Å². The highest BCUT2D eigenvalue weighted by Crippen LogP contribution is 2.31. The Hall–Kier alpha value is -3.52. The van der Waals surface area contributed by atoms with E-state index in [0.29, 0.717) is 40.3 Å². The van der Waals surface area contributed by atoms with Crippen LogP contribution < -0.4 is 14.8 Å². The lowest BCUT2D eigenvalue weighted by molar-refractivity contribution is -0.135. The topological polar surface area (TPSA) is 85.7 Å². The van der Waals surface area contributed by atoms with E-state index in [1.165, 1.54) is 0 Å². The van der Waals surface area contributed by atoms with Crippen molar-refractivity contribution >= 4 is 29.4 Å². The van der Waals surface area contributed by atoms with Gasteiger partial charge in [0, 0.05) is 47.4 Å². The van der Waals surface area contributed by atoms with Crippen molar-refractivity contribution in [1.29, 1.82) is 0 Å². The van der Waals surface area contributed by atoms with Gasteiger partial charge in [-0.15, -0.1) is 0 Å². The van der Waals surface area contributed by atoms with Gasteiger partial charge in [-0.1, -0.05) is 37.6 Å². The Morgan fingerprint density at radius 3 is 2.31 bits per heavy atom. The van der Waals surface area contributed by atoms with E-state index < -0.39 is 0 Å². The van der Waals surface area contributed by atoms with E-state index in [1.807, 2.05) is 44.3 Å². The summed E-state index contributed by atoms with van der Waals surface area (Å²) in [6.07, 6.45) is 4.10. The monoisotopic (exact) mass is 510 g/mol. The number of amides is 2. The highest BCUT2D eigenvalue weighted by atomic mass is 35.5. The summed E-state index contributed by atoms with van der Waals surface area (Å²) in [7, 11) is 3.16. The van der Waals surface area contributed by atoms with E-state index in [1.54, 1.807) is 41.9 Å². The number of aromatic nitrogens is 2. The van der Waals surface area contributed by atoms with Crippen molar-refractivity contribution in [2.24, 2.45) is 5.92 Å². The largest absolute Gasteiger partial charge is 0.497 e. The fraction of sp³-hybridized carbons (Fsp3) is 0.370. The van der Waals surface area contributed by atoms with Crippen LogP contribution in [0.4, 0.5) is 5.95 Å². The number of benzene rings is 2. The van der Waals surface area contributed by atoms with E-state index in [2.05, 4.69) is 5.32 Å². The summed E-state index contributed by atoms with van der Waals surface area (Å²) >= 11 is 6.06. The van der Waals surface area contributed by atoms with E-state index >= 15 is 0 Å². The second kappa shape index (κ2) is 11.0. The summed E-state index contributed by atoms with van der Waals surface area (Å²) in [5, 5.41) is 3.54. The molecule has 1 aliphatic carbocycles. The van der Waals surface area contributed by atoms with Gasteiger partial charge in [0.1, 0.15) is 18.0 Å².